The van der Waals surface area contributed by atoms with Crippen LogP contribution in [0.4, 0.5) is 0 Å². The van der Waals surface area contributed by atoms with Crippen LogP contribution in [0, 0.1) is 0 Å². The fourth-order valence-corrected chi connectivity index (χ4v) is 0.625. The summed E-state index contributed by atoms with van der Waals surface area (Å²) in [5, 5.41) is 34.9. The van der Waals surface area contributed by atoms with Gasteiger partial charge in [0.15, 0.2) is 0 Å². The molecule has 0 rings (SSSR count). The summed E-state index contributed by atoms with van der Waals surface area (Å²) in [6.45, 7) is 1.19. The Morgan fingerprint density at radius 3 is 2.00 bits per heavy atom. The Labute approximate surface area is 59.7 Å². The van der Waals surface area contributed by atoms with E-state index in [1.165, 1.54) is 6.92 Å². The van der Waals surface area contributed by atoms with E-state index in [1.807, 2.05) is 0 Å². The van der Waals surface area contributed by atoms with Crippen molar-refractivity contribution < 1.29 is 20.4 Å². The van der Waals surface area contributed by atoms with Crippen molar-refractivity contribution in [3.63, 3.8) is 0 Å². The molecule has 0 aromatic carbocycles. The molecule has 10 heavy (non-hydrogen) atoms. The van der Waals surface area contributed by atoms with Crippen molar-refractivity contribution in [1.82, 2.24) is 0 Å². The van der Waals surface area contributed by atoms with E-state index in [0.717, 1.165) is 0 Å². The van der Waals surface area contributed by atoms with Gasteiger partial charge in [0.2, 0.25) is 0 Å². The van der Waals surface area contributed by atoms with E-state index in [9.17, 15) is 0 Å². The maximum atomic E-state index is 8.92. The predicted octanol–water partition coefficient (Wildman–Crippen LogP) is -1.53. The highest BCUT2D eigenvalue weighted by Gasteiger charge is 2.19. The maximum Gasteiger partial charge on any atom is 0.105 e. The van der Waals surface area contributed by atoms with Crippen molar-refractivity contribution in [2.75, 3.05) is 6.61 Å². The first-order chi connectivity index (χ1) is 4.59. The van der Waals surface area contributed by atoms with Gasteiger partial charge in [-0.05, 0) is 13.3 Å². The van der Waals surface area contributed by atoms with Crippen LogP contribution in [0.5, 0.6) is 0 Å². The molecule has 4 heteroatoms. The number of hydrogen-bond acceptors (Lipinski definition) is 4. The second kappa shape index (κ2) is 4.62. The van der Waals surface area contributed by atoms with E-state index < -0.39 is 18.3 Å². The topological polar surface area (TPSA) is 80.9 Å². The number of hydrogen-bond donors (Lipinski definition) is 4. The van der Waals surface area contributed by atoms with Crippen LogP contribution in [-0.4, -0.2) is 45.3 Å². The molecular formula is C6H14O4. The van der Waals surface area contributed by atoms with Gasteiger partial charge >= 0.3 is 0 Å². The lowest BCUT2D eigenvalue weighted by Gasteiger charge is -2.18. The zero-order valence-electron chi connectivity index (χ0n) is 5.94. The summed E-state index contributed by atoms with van der Waals surface area (Å²) in [7, 11) is 0. The van der Waals surface area contributed by atoms with Crippen molar-refractivity contribution in [2.24, 2.45) is 0 Å². The van der Waals surface area contributed by atoms with E-state index in [1.54, 1.807) is 0 Å². The zero-order valence-corrected chi connectivity index (χ0v) is 5.94. The molecule has 0 aromatic rings. The smallest absolute Gasteiger partial charge is 0.105 e. The largest absolute Gasteiger partial charge is 0.396 e. The number of rotatable bonds is 4. The monoisotopic (exact) mass is 150 g/mol. The molecule has 62 valence electrons. The second-order valence-electron chi connectivity index (χ2n) is 2.31. The minimum atomic E-state index is -1.16. The molecule has 0 radical (unpaired) electrons. The molecule has 0 amide bonds. The second-order valence-corrected chi connectivity index (χ2v) is 2.31. The van der Waals surface area contributed by atoms with E-state index in [2.05, 4.69) is 0 Å². The van der Waals surface area contributed by atoms with E-state index in [-0.39, 0.29) is 13.0 Å². The van der Waals surface area contributed by atoms with Gasteiger partial charge in [-0.15, -0.1) is 0 Å². The first-order valence-corrected chi connectivity index (χ1v) is 3.24. The van der Waals surface area contributed by atoms with Crippen LogP contribution in [0.1, 0.15) is 13.3 Å². The lowest BCUT2D eigenvalue weighted by atomic mass is 10.1. The van der Waals surface area contributed by atoms with Gasteiger partial charge < -0.3 is 20.4 Å². The molecule has 0 aliphatic rings. The van der Waals surface area contributed by atoms with Crippen LogP contribution in [0.3, 0.4) is 0 Å². The molecule has 0 bridgehead atoms. The van der Waals surface area contributed by atoms with Crippen molar-refractivity contribution >= 4 is 0 Å². The SMILES string of the molecule is C[C@H](O)C(O)[C@H](O)CCO. The third-order valence-corrected chi connectivity index (χ3v) is 1.31. The molecule has 1 unspecified atom stereocenters. The van der Waals surface area contributed by atoms with Crippen molar-refractivity contribution in [3.05, 3.63) is 0 Å². The molecule has 0 aliphatic heterocycles. The minimum absolute atomic E-state index is 0.0894. The minimum Gasteiger partial charge on any atom is -0.396 e. The Morgan fingerprint density at radius 2 is 1.70 bits per heavy atom. The Balaban J connectivity index is 3.58. The lowest BCUT2D eigenvalue weighted by Crippen LogP contribution is -2.35. The lowest BCUT2D eigenvalue weighted by molar-refractivity contribution is -0.0586. The highest BCUT2D eigenvalue weighted by molar-refractivity contribution is 4.71. The molecule has 0 aliphatic carbocycles. The normalized spacial score (nSPS) is 20.1. The van der Waals surface area contributed by atoms with Crippen LogP contribution in [0.15, 0.2) is 0 Å². The van der Waals surface area contributed by atoms with Gasteiger partial charge in [0.05, 0.1) is 12.2 Å². The Morgan fingerprint density at radius 1 is 1.20 bits per heavy atom. The summed E-state index contributed by atoms with van der Waals surface area (Å²) in [5.74, 6) is 0. The fourth-order valence-electron chi connectivity index (χ4n) is 0.625. The number of aliphatic hydroxyl groups is 4. The van der Waals surface area contributed by atoms with Crippen LogP contribution >= 0.6 is 0 Å². The third-order valence-electron chi connectivity index (χ3n) is 1.31. The van der Waals surface area contributed by atoms with Crippen molar-refractivity contribution in [1.29, 1.82) is 0 Å². The predicted molar refractivity (Wildman–Crippen MR) is 35.4 cm³/mol. The van der Waals surface area contributed by atoms with Crippen LogP contribution < -0.4 is 0 Å². The highest BCUT2D eigenvalue weighted by Crippen LogP contribution is 2.02. The molecule has 4 nitrogen and oxygen atoms in total. The molecule has 4 N–H and O–H groups in total. The average Bonchev–Trinajstić information content (AvgIpc) is 1.87. The van der Waals surface area contributed by atoms with E-state index in [4.69, 9.17) is 20.4 Å². The zero-order chi connectivity index (χ0) is 8.15. The van der Waals surface area contributed by atoms with Gasteiger partial charge in [0, 0.05) is 6.61 Å². The fraction of sp³-hybridized carbons (Fsp3) is 1.00. The molecule has 0 saturated carbocycles. The molecule has 0 heterocycles. The summed E-state index contributed by atoms with van der Waals surface area (Å²) in [5.41, 5.74) is 0. The summed E-state index contributed by atoms with van der Waals surface area (Å²) < 4.78 is 0. The molecular weight excluding hydrogens is 136 g/mol. The highest BCUT2D eigenvalue weighted by atomic mass is 16.4. The van der Waals surface area contributed by atoms with Gasteiger partial charge in [0.25, 0.3) is 0 Å². The average molecular weight is 150 g/mol. The quantitative estimate of drug-likeness (QED) is 0.392. The summed E-state index contributed by atoms with van der Waals surface area (Å²) in [4.78, 5) is 0. The van der Waals surface area contributed by atoms with Gasteiger partial charge in [-0.2, -0.15) is 0 Å². The van der Waals surface area contributed by atoms with Crippen molar-refractivity contribution in [2.45, 2.75) is 31.7 Å². The van der Waals surface area contributed by atoms with Gasteiger partial charge in [-0.25, -0.2) is 0 Å². The Bertz CT molecular complexity index is 83.8. The first kappa shape index (κ1) is 9.84. The molecule has 0 spiro atoms. The van der Waals surface area contributed by atoms with Crippen molar-refractivity contribution in [3.8, 4) is 0 Å². The van der Waals surface area contributed by atoms with Crippen LogP contribution in [-0.2, 0) is 0 Å². The standard InChI is InChI=1S/C6H14O4/c1-4(8)6(10)5(9)2-3-7/h4-10H,2-3H2,1H3/t4-,5+,6?/m0/s1. The van der Waals surface area contributed by atoms with Crippen LogP contribution in [0.2, 0.25) is 0 Å². The van der Waals surface area contributed by atoms with E-state index >= 15 is 0 Å². The molecule has 0 fully saturated rings. The summed E-state index contributed by atoms with van der Waals surface area (Å²) in [6.07, 6.45) is -3.06. The van der Waals surface area contributed by atoms with E-state index in [0.29, 0.717) is 0 Å². The molecule has 3 atom stereocenters. The van der Waals surface area contributed by atoms with Gasteiger partial charge in [-0.1, -0.05) is 0 Å². The first-order valence-electron chi connectivity index (χ1n) is 3.24. The Kier molecular flexibility index (Phi) is 4.55. The molecule has 0 saturated heterocycles. The maximum absolute atomic E-state index is 8.92. The Hall–Kier alpha value is -0.160. The summed E-state index contributed by atoms with van der Waals surface area (Å²) in [6, 6.07) is 0. The van der Waals surface area contributed by atoms with Crippen LogP contribution in [0.25, 0.3) is 0 Å². The van der Waals surface area contributed by atoms with Gasteiger partial charge in [-0.3, -0.25) is 0 Å². The third kappa shape index (κ3) is 3.12. The number of aliphatic hydroxyl groups excluding tert-OH is 4. The molecule has 0 aromatic heterocycles. The van der Waals surface area contributed by atoms with Gasteiger partial charge in [0.1, 0.15) is 6.10 Å². The summed E-state index contributed by atoms with van der Waals surface area (Å²) >= 11 is 0.